The van der Waals surface area contributed by atoms with Gasteiger partial charge in [-0.15, -0.1) is 0 Å². The van der Waals surface area contributed by atoms with E-state index in [4.69, 9.17) is 4.74 Å². The largest absolute Gasteiger partial charge is 0.497 e. The normalized spacial score (nSPS) is 14.3. The van der Waals surface area contributed by atoms with Crippen LogP contribution >= 0.6 is 0 Å². The molecule has 4 aromatic rings. The molecule has 2 aromatic carbocycles. The molecule has 0 saturated carbocycles. The summed E-state index contributed by atoms with van der Waals surface area (Å²) in [6, 6.07) is 16.7. The first-order valence-electron chi connectivity index (χ1n) is 12.2. The van der Waals surface area contributed by atoms with Crippen molar-refractivity contribution in [1.29, 1.82) is 0 Å². The molecule has 0 atom stereocenters. The molecule has 1 fully saturated rings. The van der Waals surface area contributed by atoms with Gasteiger partial charge in [-0.3, -0.25) is 14.6 Å². The fourth-order valence-electron chi connectivity index (χ4n) is 4.83. The molecular formula is C28H30N4O3. The number of nitrogens with zero attached hydrogens (tertiary/aromatic N) is 3. The quantitative estimate of drug-likeness (QED) is 0.416. The Morgan fingerprint density at radius 1 is 1.03 bits per heavy atom. The van der Waals surface area contributed by atoms with Crippen molar-refractivity contribution in [2.45, 2.75) is 25.8 Å². The van der Waals surface area contributed by atoms with Crippen LogP contribution in [0.2, 0.25) is 0 Å². The Balaban J connectivity index is 1.46. The molecule has 0 radical (unpaired) electrons. The van der Waals surface area contributed by atoms with Gasteiger partial charge in [-0.1, -0.05) is 18.6 Å². The van der Waals surface area contributed by atoms with Gasteiger partial charge in [-0.05, 0) is 74.0 Å². The lowest BCUT2D eigenvalue weighted by Crippen LogP contribution is -2.37. The molecule has 2 aromatic heterocycles. The number of rotatable bonds is 7. The second-order valence-electron chi connectivity index (χ2n) is 9.03. The molecule has 7 heteroatoms. The van der Waals surface area contributed by atoms with Crippen molar-refractivity contribution in [3.05, 3.63) is 82.3 Å². The number of pyridine rings is 2. The highest BCUT2D eigenvalue weighted by molar-refractivity contribution is 6.06. The lowest BCUT2D eigenvalue weighted by atomic mass is 10.1. The van der Waals surface area contributed by atoms with Gasteiger partial charge in [-0.2, -0.15) is 0 Å². The SMILES string of the molecule is COc1ccc(Cn2c(=O)c3cccnc3c3cc(C(=O)NCCN4CCCCC4)ccc32)cc1. The van der Waals surface area contributed by atoms with Gasteiger partial charge in [-0.25, -0.2) is 0 Å². The number of nitrogens with one attached hydrogen (secondary N) is 1. The van der Waals surface area contributed by atoms with E-state index in [0.717, 1.165) is 41.9 Å². The summed E-state index contributed by atoms with van der Waals surface area (Å²) >= 11 is 0. The molecular weight excluding hydrogens is 440 g/mol. The molecule has 7 nitrogen and oxygen atoms in total. The smallest absolute Gasteiger partial charge is 0.260 e. The highest BCUT2D eigenvalue weighted by Crippen LogP contribution is 2.24. The molecule has 1 saturated heterocycles. The maximum atomic E-state index is 13.4. The summed E-state index contributed by atoms with van der Waals surface area (Å²) in [6.45, 7) is 4.11. The number of aromatic nitrogens is 2. The molecule has 1 aliphatic rings. The number of hydrogen-bond acceptors (Lipinski definition) is 5. The second kappa shape index (κ2) is 10.3. The lowest BCUT2D eigenvalue weighted by molar-refractivity contribution is 0.0946. The molecule has 3 heterocycles. The number of fused-ring (bicyclic) bond motifs is 3. The van der Waals surface area contributed by atoms with E-state index in [9.17, 15) is 9.59 Å². The van der Waals surface area contributed by atoms with Crippen LogP contribution in [-0.2, 0) is 6.54 Å². The predicted octanol–water partition coefficient (Wildman–Crippen LogP) is 3.82. The molecule has 5 rings (SSSR count). The van der Waals surface area contributed by atoms with Gasteiger partial charge < -0.3 is 19.5 Å². The Kier molecular flexibility index (Phi) is 6.77. The summed E-state index contributed by atoms with van der Waals surface area (Å²) in [5.74, 6) is 0.658. The third-order valence-electron chi connectivity index (χ3n) is 6.75. The van der Waals surface area contributed by atoms with Crippen LogP contribution in [0.5, 0.6) is 5.75 Å². The summed E-state index contributed by atoms with van der Waals surface area (Å²) in [5, 5.41) is 4.38. The third kappa shape index (κ3) is 4.91. The van der Waals surface area contributed by atoms with Crippen LogP contribution in [0.15, 0.2) is 65.6 Å². The van der Waals surface area contributed by atoms with Crippen molar-refractivity contribution >= 4 is 27.7 Å². The van der Waals surface area contributed by atoms with Gasteiger partial charge in [0, 0.05) is 30.2 Å². The number of carbonyl (C=O) groups is 1. The summed E-state index contributed by atoms with van der Waals surface area (Å²) in [4.78, 5) is 33.2. The van der Waals surface area contributed by atoms with Crippen molar-refractivity contribution in [3.63, 3.8) is 0 Å². The maximum Gasteiger partial charge on any atom is 0.260 e. The summed E-state index contributed by atoms with van der Waals surface area (Å²) in [7, 11) is 1.63. The van der Waals surface area contributed by atoms with Gasteiger partial charge in [0.2, 0.25) is 0 Å². The zero-order chi connectivity index (χ0) is 24.2. The Hall–Kier alpha value is -3.71. The highest BCUT2D eigenvalue weighted by Gasteiger charge is 2.15. The van der Waals surface area contributed by atoms with Crippen molar-refractivity contribution in [3.8, 4) is 5.75 Å². The van der Waals surface area contributed by atoms with E-state index in [-0.39, 0.29) is 11.5 Å². The number of carbonyl (C=O) groups excluding carboxylic acids is 1. The summed E-state index contributed by atoms with van der Waals surface area (Å²) < 4.78 is 7.00. The van der Waals surface area contributed by atoms with E-state index in [1.807, 2.05) is 36.4 Å². The van der Waals surface area contributed by atoms with Crippen LogP contribution in [0.3, 0.4) is 0 Å². The number of methoxy groups -OCH3 is 1. The first kappa shape index (κ1) is 23.1. The molecule has 180 valence electrons. The van der Waals surface area contributed by atoms with Crippen LogP contribution in [0.1, 0.15) is 35.2 Å². The first-order valence-corrected chi connectivity index (χ1v) is 12.2. The average Bonchev–Trinajstić information content (AvgIpc) is 2.91. The zero-order valence-corrected chi connectivity index (χ0v) is 20.0. The zero-order valence-electron chi connectivity index (χ0n) is 20.0. The number of piperidine rings is 1. The molecule has 0 unspecified atom stereocenters. The van der Waals surface area contributed by atoms with Crippen LogP contribution in [0, 0.1) is 0 Å². The van der Waals surface area contributed by atoms with Crippen LogP contribution < -0.4 is 15.6 Å². The number of ether oxygens (including phenoxy) is 1. The minimum Gasteiger partial charge on any atom is -0.497 e. The molecule has 0 spiro atoms. The summed E-state index contributed by atoms with van der Waals surface area (Å²) in [5.41, 5.74) is 2.81. The molecule has 0 aliphatic carbocycles. The minimum atomic E-state index is -0.110. The topological polar surface area (TPSA) is 76.5 Å². The molecule has 1 N–H and O–H groups in total. The number of amides is 1. The lowest BCUT2D eigenvalue weighted by Gasteiger charge is -2.26. The van der Waals surface area contributed by atoms with Gasteiger partial charge in [0.1, 0.15) is 5.75 Å². The number of likely N-dealkylation sites (tertiary alicyclic amines) is 1. The average molecular weight is 471 g/mol. The standard InChI is InChI=1S/C28H30N4O3/c1-35-22-10-7-20(8-11-22)19-32-25-12-9-21(27(33)30-14-17-31-15-3-2-4-16-31)18-24(25)26-23(28(32)34)6-5-13-29-26/h5-13,18H,2-4,14-17,19H2,1H3,(H,30,33). The minimum absolute atomic E-state index is 0.102. The Labute approximate surface area is 204 Å². The van der Waals surface area contributed by atoms with Gasteiger partial charge in [0.05, 0.1) is 30.1 Å². The van der Waals surface area contributed by atoms with Crippen molar-refractivity contribution in [2.24, 2.45) is 0 Å². The van der Waals surface area contributed by atoms with Gasteiger partial charge in [0.25, 0.3) is 11.5 Å². The third-order valence-corrected chi connectivity index (χ3v) is 6.75. The van der Waals surface area contributed by atoms with Gasteiger partial charge >= 0.3 is 0 Å². The molecule has 0 bridgehead atoms. The number of benzene rings is 2. The van der Waals surface area contributed by atoms with Crippen LogP contribution in [0.25, 0.3) is 21.8 Å². The van der Waals surface area contributed by atoms with Crippen LogP contribution in [0.4, 0.5) is 0 Å². The molecule has 35 heavy (non-hydrogen) atoms. The van der Waals surface area contributed by atoms with E-state index in [1.165, 1.54) is 19.3 Å². The van der Waals surface area contributed by atoms with Crippen molar-refractivity contribution in [2.75, 3.05) is 33.3 Å². The fourth-order valence-corrected chi connectivity index (χ4v) is 4.83. The Bertz CT molecular complexity index is 1410. The fraction of sp³-hybridized carbons (Fsp3) is 0.321. The van der Waals surface area contributed by atoms with E-state index < -0.39 is 0 Å². The number of hydrogen-bond donors (Lipinski definition) is 1. The second-order valence-corrected chi connectivity index (χ2v) is 9.03. The summed E-state index contributed by atoms with van der Waals surface area (Å²) in [6.07, 6.45) is 5.44. The molecule has 1 amide bonds. The Morgan fingerprint density at radius 3 is 2.60 bits per heavy atom. The van der Waals surface area contributed by atoms with E-state index in [2.05, 4.69) is 15.2 Å². The van der Waals surface area contributed by atoms with Crippen molar-refractivity contribution in [1.82, 2.24) is 19.8 Å². The maximum absolute atomic E-state index is 13.4. The van der Waals surface area contributed by atoms with Crippen LogP contribution in [-0.4, -0.2) is 53.6 Å². The molecule has 1 aliphatic heterocycles. The van der Waals surface area contributed by atoms with E-state index in [1.54, 1.807) is 36.1 Å². The highest BCUT2D eigenvalue weighted by atomic mass is 16.5. The van der Waals surface area contributed by atoms with Gasteiger partial charge in [0.15, 0.2) is 0 Å². The van der Waals surface area contributed by atoms with E-state index in [0.29, 0.717) is 29.6 Å². The first-order chi connectivity index (χ1) is 17.1. The van der Waals surface area contributed by atoms with Crippen molar-refractivity contribution < 1.29 is 9.53 Å². The predicted molar refractivity (Wildman–Crippen MR) is 138 cm³/mol. The monoisotopic (exact) mass is 470 g/mol. The van der Waals surface area contributed by atoms with E-state index >= 15 is 0 Å². The Morgan fingerprint density at radius 2 is 1.83 bits per heavy atom.